The molecular formula is C41H58N4O17. The maximum Gasteiger partial charge on any atom is 0.269 e. The molecule has 0 saturated carbocycles. The molecule has 2 aromatic rings. The van der Waals surface area contributed by atoms with Crippen molar-refractivity contribution in [2.45, 2.75) is 18.9 Å². The Kier molecular flexibility index (Phi) is 24.5. The van der Waals surface area contributed by atoms with Crippen LogP contribution in [0.2, 0.25) is 0 Å². The molecule has 21 heteroatoms. The average molecular weight is 879 g/mol. The Hall–Kier alpha value is -4.68. The SMILES string of the molecule is O=C1CCC(N2C(=O)c3cccc(NCCOCCOCCOCCOCCOCCOCCOCCOCCOCCOCCOc4ccc([N+](=O)[O-])cc4)c3C2=O)C(=O)N1. The maximum atomic E-state index is 13.2. The Bertz CT molecular complexity index is 1650. The lowest BCUT2D eigenvalue weighted by atomic mass is 10.0. The highest BCUT2D eigenvalue weighted by Crippen LogP contribution is 2.32. The fraction of sp³-hybridized carbons (Fsp3) is 0.610. The molecule has 4 rings (SSSR count). The molecule has 4 amide bonds. The molecule has 1 saturated heterocycles. The minimum Gasteiger partial charge on any atom is -0.491 e. The van der Waals surface area contributed by atoms with Crippen LogP contribution in [0.4, 0.5) is 11.4 Å². The molecular weight excluding hydrogens is 820 g/mol. The lowest BCUT2D eigenvalue weighted by molar-refractivity contribution is -0.384. The Morgan fingerprint density at radius 1 is 0.581 bits per heavy atom. The number of carbonyl (C=O) groups is 4. The van der Waals surface area contributed by atoms with E-state index in [1.165, 1.54) is 12.1 Å². The van der Waals surface area contributed by atoms with E-state index in [1.807, 2.05) is 0 Å². The van der Waals surface area contributed by atoms with Crippen molar-refractivity contribution >= 4 is 35.0 Å². The predicted molar refractivity (Wildman–Crippen MR) is 218 cm³/mol. The van der Waals surface area contributed by atoms with E-state index < -0.39 is 34.6 Å². The van der Waals surface area contributed by atoms with Crippen molar-refractivity contribution in [2.24, 2.45) is 0 Å². The molecule has 0 aromatic heterocycles. The summed E-state index contributed by atoms with van der Waals surface area (Å²) in [5, 5.41) is 16.0. The lowest BCUT2D eigenvalue weighted by Crippen LogP contribution is -2.54. The number of anilines is 1. The number of nitro benzene ring substituents is 1. The van der Waals surface area contributed by atoms with Gasteiger partial charge >= 0.3 is 0 Å². The third kappa shape index (κ3) is 18.7. The van der Waals surface area contributed by atoms with Crippen LogP contribution >= 0.6 is 0 Å². The molecule has 2 aromatic carbocycles. The van der Waals surface area contributed by atoms with Crippen molar-refractivity contribution in [3.8, 4) is 5.75 Å². The Morgan fingerprint density at radius 2 is 1.02 bits per heavy atom. The fourth-order valence-electron chi connectivity index (χ4n) is 5.88. The first-order chi connectivity index (χ1) is 30.4. The average Bonchev–Trinajstić information content (AvgIpc) is 3.52. The number of nitrogens with one attached hydrogen (secondary N) is 2. The maximum absolute atomic E-state index is 13.2. The molecule has 344 valence electrons. The van der Waals surface area contributed by atoms with Gasteiger partial charge in [-0.15, -0.1) is 0 Å². The van der Waals surface area contributed by atoms with E-state index in [0.29, 0.717) is 157 Å². The van der Waals surface area contributed by atoms with E-state index in [4.69, 9.17) is 52.1 Å². The Morgan fingerprint density at radius 3 is 1.45 bits per heavy atom. The molecule has 1 atom stereocenters. The number of piperidine rings is 1. The zero-order chi connectivity index (χ0) is 44.0. The normalized spacial score (nSPS) is 15.0. The molecule has 0 aliphatic carbocycles. The van der Waals surface area contributed by atoms with E-state index in [1.54, 1.807) is 30.3 Å². The van der Waals surface area contributed by atoms with Crippen molar-refractivity contribution in [1.82, 2.24) is 10.2 Å². The number of imide groups is 2. The van der Waals surface area contributed by atoms with Gasteiger partial charge in [0.1, 0.15) is 18.4 Å². The number of nitro groups is 1. The van der Waals surface area contributed by atoms with Crippen molar-refractivity contribution < 1.29 is 76.2 Å². The van der Waals surface area contributed by atoms with Crippen molar-refractivity contribution in [1.29, 1.82) is 0 Å². The van der Waals surface area contributed by atoms with Crippen LogP contribution in [-0.2, 0) is 57.0 Å². The lowest BCUT2D eigenvalue weighted by Gasteiger charge is -2.27. The monoisotopic (exact) mass is 878 g/mol. The minimum atomic E-state index is -1.02. The second-order valence-corrected chi connectivity index (χ2v) is 13.3. The number of ether oxygens (including phenoxy) is 11. The van der Waals surface area contributed by atoms with Gasteiger partial charge in [-0.1, -0.05) is 6.07 Å². The van der Waals surface area contributed by atoms with E-state index in [9.17, 15) is 29.3 Å². The van der Waals surface area contributed by atoms with Crippen molar-refractivity contribution in [2.75, 3.05) is 151 Å². The zero-order valence-electron chi connectivity index (χ0n) is 34.9. The highest BCUT2D eigenvalue weighted by Gasteiger charge is 2.45. The minimum absolute atomic E-state index is 0.0149. The van der Waals surface area contributed by atoms with Crippen LogP contribution in [0, 0.1) is 10.1 Å². The van der Waals surface area contributed by atoms with Crippen LogP contribution in [0.15, 0.2) is 42.5 Å². The molecule has 1 unspecified atom stereocenters. The van der Waals surface area contributed by atoms with Crippen LogP contribution in [0.5, 0.6) is 5.75 Å². The summed E-state index contributed by atoms with van der Waals surface area (Å²) in [5.41, 5.74) is 0.901. The van der Waals surface area contributed by atoms with Crippen molar-refractivity contribution in [3.63, 3.8) is 0 Å². The molecule has 2 N–H and O–H groups in total. The Labute approximate surface area is 359 Å². The number of hydrogen-bond acceptors (Lipinski definition) is 18. The number of carbonyl (C=O) groups excluding carboxylic acids is 4. The van der Waals surface area contributed by atoms with Gasteiger partial charge < -0.3 is 57.4 Å². The van der Waals surface area contributed by atoms with Gasteiger partial charge in [0.05, 0.1) is 148 Å². The molecule has 21 nitrogen and oxygen atoms in total. The molecule has 0 radical (unpaired) electrons. The van der Waals surface area contributed by atoms with Gasteiger partial charge in [0, 0.05) is 30.8 Å². The van der Waals surface area contributed by atoms with Gasteiger partial charge in [0.25, 0.3) is 17.5 Å². The van der Waals surface area contributed by atoms with E-state index in [-0.39, 0.29) is 29.7 Å². The van der Waals surface area contributed by atoms with E-state index >= 15 is 0 Å². The summed E-state index contributed by atoms with van der Waals surface area (Å²) >= 11 is 0. The number of rotatable bonds is 37. The first kappa shape index (κ1) is 50.0. The Balaban J connectivity index is 0.812. The summed E-state index contributed by atoms with van der Waals surface area (Å²) in [6, 6.07) is 9.76. The summed E-state index contributed by atoms with van der Waals surface area (Å²) in [6.07, 6.45) is 0.157. The highest BCUT2D eigenvalue weighted by atomic mass is 16.6. The first-order valence-corrected chi connectivity index (χ1v) is 20.6. The van der Waals surface area contributed by atoms with Crippen molar-refractivity contribution in [3.05, 3.63) is 63.7 Å². The topological polar surface area (TPSA) is 240 Å². The number of amides is 4. The third-order valence-corrected chi connectivity index (χ3v) is 8.92. The zero-order valence-corrected chi connectivity index (χ0v) is 34.9. The second kappa shape index (κ2) is 30.4. The van der Waals surface area contributed by atoms with Crippen LogP contribution in [0.25, 0.3) is 0 Å². The number of benzene rings is 2. The van der Waals surface area contributed by atoms with Gasteiger partial charge in [-0.2, -0.15) is 0 Å². The largest absolute Gasteiger partial charge is 0.491 e. The smallest absolute Gasteiger partial charge is 0.269 e. The van der Waals surface area contributed by atoms with Gasteiger partial charge in [0.15, 0.2) is 0 Å². The van der Waals surface area contributed by atoms with Crippen LogP contribution in [0.3, 0.4) is 0 Å². The predicted octanol–water partition coefficient (Wildman–Crippen LogP) is 1.65. The third-order valence-electron chi connectivity index (χ3n) is 8.92. The van der Waals surface area contributed by atoms with E-state index in [0.717, 1.165) is 4.90 Å². The summed E-state index contributed by atoms with van der Waals surface area (Å²) in [7, 11) is 0. The highest BCUT2D eigenvalue weighted by molar-refractivity contribution is 6.25. The molecule has 2 heterocycles. The number of nitrogens with zero attached hydrogens (tertiary/aromatic N) is 2. The summed E-state index contributed by atoms with van der Waals surface area (Å²) < 4.78 is 60.4. The van der Waals surface area contributed by atoms with Crippen LogP contribution < -0.4 is 15.4 Å². The quantitative estimate of drug-likeness (QED) is 0.0425. The summed E-state index contributed by atoms with van der Waals surface area (Å²) in [4.78, 5) is 61.1. The van der Waals surface area contributed by atoms with Gasteiger partial charge in [0.2, 0.25) is 11.8 Å². The molecule has 1 fully saturated rings. The van der Waals surface area contributed by atoms with Crippen LogP contribution in [0.1, 0.15) is 33.6 Å². The van der Waals surface area contributed by atoms with Gasteiger partial charge in [-0.25, -0.2) is 0 Å². The van der Waals surface area contributed by atoms with Gasteiger partial charge in [-0.05, 0) is 30.7 Å². The molecule has 2 aliphatic heterocycles. The number of non-ortho nitro benzene ring substituents is 1. The molecule has 62 heavy (non-hydrogen) atoms. The molecule has 0 spiro atoms. The van der Waals surface area contributed by atoms with Gasteiger partial charge in [-0.3, -0.25) is 39.5 Å². The van der Waals surface area contributed by atoms with Crippen LogP contribution in [-0.4, -0.2) is 185 Å². The van der Waals surface area contributed by atoms with E-state index in [2.05, 4.69) is 10.6 Å². The molecule has 0 bridgehead atoms. The number of fused-ring (bicyclic) bond motifs is 1. The molecule has 2 aliphatic rings. The summed E-state index contributed by atoms with van der Waals surface area (Å²) in [5.74, 6) is -1.65. The first-order valence-electron chi connectivity index (χ1n) is 20.6. The standard InChI is InChI=1S/C41H58N4O17/c46-37-9-8-36(39(47)43-37)44-40(48)34-2-1-3-35(38(34)41(44)49)42-10-11-52-12-13-53-14-15-54-16-17-55-18-19-56-20-21-57-22-23-58-24-25-59-26-27-60-28-29-61-30-31-62-33-6-4-32(5-7-33)45(50)51/h1-7,36,42H,8-31H2,(H,43,46,47). The summed E-state index contributed by atoms with van der Waals surface area (Å²) in [6.45, 7) is 9.19. The fourth-order valence-corrected chi connectivity index (χ4v) is 5.88. The number of hydrogen-bond donors (Lipinski definition) is 2. The second-order valence-electron chi connectivity index (χ2n) is 13.3.